The zero-order valence-electron chi connectivity index (χ0n) is 10.2. The van der Waals surface area contributed by atoms with Crippen LogP contribution in [0.25, 0.3) is 0 Å². The van der Waals surface area contributed by atoms with Gasteiger partial charge in [-0.3, -0.25) is 9.89 Å². The molecule has 1 aromatic carbocycles. The summed E-state index contributed by atoms with van der Waals surface area (Å²) in [7, 11) is 0. The molecular formula is C13H16N4O. The molecule has 18 heavy (non-hydrogen) atoms. The van der Waals surface area contributed by atoms with E-state index in [4.69, 9.17) is 5.73 Å². The van der Waals surface area contributed by atoms with Gasteiger partial charge in [-0.15, -0.1) is 0 Å². The number of nitrogens with zero attached hydrogens (tertiary/aromatic N) is 1. The Labute approximate surface area is 105 Å². The number of nitrogens with one attached hydrogen (secondary N) is 2. The van der Waals surface area contributed by atoms with Crippen molar-refractivity contribution in [3.8, 4) is 0 Å². The quantitative estimate of drug-likeness (QED) is 0.706. The Morgan fingerprint density at radius 1 is 1.50 bits per heavy atom. The first-order chi connectivity index (χ1) is 8.65. The van der Waals surface area contributed by atoms with Crippen molar-refractivity contribution in [1.82, 2.24) is 15.5 Å². The predicted molar refractivity (Wildman–Crippen MR) is 69.7 cm³/mol. The van der Waals surface area contributed by atoms with Gasteiger partial charge in [-0.2, -0.15) is 5.10 Å². The lowest BCUT2D eigenvalue weighted by molar-refractivity contribution is -0.120. The van der Waals surface area contributed by atoms with Crippen molar-refractivity contribution in [3.63, 3.8) is 0 Å². The molecule has 1 amide bonds. The average molecular weight is 244 g/mol. The molecule has 2 aromatic rings. The van der Waals surface area contributed by atoms with Gasteiger partial charge in [0.25, 0.3) is 0 Å². The Morgan fingerprint density at radius 2 is 2.33 bits per heavy atom. The predicted octanol–water partition coefficient (Wildman–Crippen LogP) is 1.16. The lowest BCUT2D eigenvalue weighted by atomic mass is 10.1. The molecule has 0 atom stereocenters. The second-order valence-corrected chi connectivity index (χ2v) is 4.22. The zero-order valence-corrected chi connectivity index (χ0v) is 10.2. The fourth-order valence-corrected chi connectivity index (χ4v) is 1.70. The van der Waals surface area contributed by atoms with Gasteiger partial charge in [-0.25, -0.2) is 0 Å². The maximum absolute atomic E-state index is 11.7. The highest BCUT2D eigenvalue weighted by Crippen LogP contribution is 2.07. The number of carbonyl (C=O) groups excluding carboxylic acids is 1. The number of H-pyrrole nitrogens is 1. The van der Waals surface area contributed by atoms with Crippen LogP contribution in [0.4, 0.5) is 5.69 Å². The minimum atomic E-state index is -0.0267. The van der Waals surface area contributed by atoms with Crippen molar-refractivity contribution in [2.24, 2.45) is 0 Å². The Bertz CT molecular complexity index is 547. The van der Waals surface area contributed by atoms with E-state index in [-0.39, 0.29) is 5.91 Å². The van der Waals surface area contributed by atoms with Gasteiger partial charge < -0.3 is 11.1 Å². The van der Waals surface area contributed by atoms with E-state index in [1.165, 1.54) is 0 Å². The number of carbonyl (C=O) groups is 1. The molecule has 1 heterocycles. The summed E-state index contributed by atoms with van der Waals surface area (Å²) < 4.78 is 0. The molecule has 0 spiro atoms. The summed E-state index contributed by atoms with van der Waals surface area (Å²) in [6, 6.07) is 7.34. The SMILES string of the molecule is Cc1[nH]ncc1CNC(=O)Cc1cccc(N)c1. The highest BCUT2D eigenvalue weighted by molar-refractivity contribution is 5.78. The summed E-state index contributed by atoms with van der Waals surface area (Å²) in [5.41, 5.74) is 9.21. The number of hydrogen-bond donors (Lipinski definition) is 3. The first-order valence-electron chi connectivity index (χ1n) is 5.75. The fourth-order valence-electron chi connectivity index (χ4n) is 1.70. The van der Waals surface area contributed by atoms with E-state index >= 15 is 0 Å². The molecule has 94 valence electrons. The van der Waals surface area contributed by atoms with E-state index in [0.717, 1.165) is 16.8 Å². The Balaban J connectivity index is 1.88. The number of aromatic amines is 1. The van der Waals surface area contributed by atoms with Crippen LogP contribution in [0.5, 0.6) is 0 Å². The smallest absolute Gasteiger partial charge is 0.224 e. The number of aryl methyl sites for hydroxylation is 1. The van der Waals surface area contributed by atoms with Crippen molar-refractivity contribution in [1.29, 1.82) is 0 Å². The number of nitrogens with two attached hydrogens (primary N) is 1. The lowest BCUT2D eigenvalue weighted by Gasteiger charge is -2.05. The highest BCUT2D eigenvalue weighted by Gasteiger charge is 2.05. The van der Waals surface area contributed by atoms with Crippen molar-refractivity contribution in [2.75, 3.05) is 5.73 Å². The molecule has 4 N–H and O–H groups in total. The topological polar surface area (TPSA) is 83.8 Å². The van der Waals surface area contributed by atoms with Gasteiger partial charge in [-0.1, -0.05) is 12.1 Å². The largest absolute Gasteiger partial charge is 0.399 e. The van der Waals surface area contributed by atoms with E-state index in [1.54, 1.807) is 12.3 Å². The minimum Gasteiger partial charge on any atom is -0.399 e. The van der Waals surface area contributed by atoms with Gasteiger partial charge in [0, 0.05) is 23.5 Å². The molecule has 0 bridgehead atoms. The van der Waals surface area contributed by atoms with Crippen molar-refractivity contribution in [2.45, 2.75) is 19.9 Å². The molecule has 0 aliphatic carbocycles. The molecule has 0 aliphatic rings. The summed E-state index contributed by atoms with van der Waals surface area (Å²) in [5.74, 6) is -0.0267. The third kappa shape index (κ3) is 3.10. The molecule has 5 heteroatoms. The zero-order chi connectivity index (χ0) is 13.0. The monoisotopic (exact) mass is 244 g/mol. The molecule has 0 aliphatic heterocycles. The number of rotatable bonds is 4. The highest BCUT2D eigenvalue weighted by atomic mass is 16.1. The maximum Gasteiger partial charge on any atom is 0.224 e. The molecule has 0 saturated carbocycles. The number of anilines is 1. The van der Waals surface area contributed by atoms with E-state index in [1.807, 2.05) is 25.1 Å². The third-order valence-corrected chi connectivity index (χ3v) is 2.73. The van der Waals surface area contributed by atoms with Crippen LogP contribution in [-0.4, -0.2) is 16.1 Å². The number of nitrogen functional groups attached to an aromatic ring is 1. The molecule has 0 saturated heterocycles. The molecule has 1 aromatic heterocycles. The first kappa shape index (κ1) is 12.2. The first-order valence-corrected chi connectivity index (χ1v) is 5.75. The van der Waals surface area contributed by atoms with E-state index in [0.29, 0.717) is 18.7 Å². The number of hydrogen-bond acceptors (Lipinski definition) is 3. The number of amides is 1. The van der Waals surface area contributed by atoms with E-state index in [9.17, 15) is 4.79 Å². The standard InChI is InChI=1S/C13H16N4O/c1-9-11(8-16-17-9)7-15-13(18)6-10-3-2-4-12(14)5-10/h2-5,8H,6-7,14H2,1H3,(H,15,18)(H,16,17). The van der Waals surface area contributed by atoms with Crippen LogP contribution in [0.3, 0.4) is 0 Å². The van der Waals surface area contributed by atoms with Gasteiger partial charge in [-0.05, 0) is 24.6 Å². The van der Waals surface area contributed by atoms with Crippen LogP contribution >= 0.6 is 0 Å². The maximum atomic E-state index is 11.7. The van der Waals surface area contributed by atoms with Crippen LogP contribution in [0.15, 0.2) is 30.5 Å². The normalized spacial score (nSPS) is 10.3. The summed E-state index contributed by atoms with van der Waals surface area (Å²) >= 11 is 0. The third-order valence-electron chi connectivity index (χ3n) is 2.73. The Morgan fingerprint density at radius 3 is 3.00 bits per heavy atom. The summed E-state index contributed by atoms with van der Waals surface area (Å²) in [5, 5.41) is 9.59. The van der Waals surface area contributed by atoms with E-state index < -0.39 is 0 Å². The van der Waals surface area contributed by atoms with Gasteiger partial charge >= 0.3 is 0 Å². The van der Waals surface area contributed by atoms with Crippen LogP contribution in [0, 0.1) is 6.92 Å². The second-order valence-electron chi connectivity index (χ2n) is 4.22. The Kier molecular flexibility index (Phi) is 3.62. The van der Waals surface area contributed by atoms with Crippen molar-refractivity contribution >= 4 is 11.6 Å². The molecular weight excluding hydrogens is 228 g/mol. The van der Waals surface area contributed by atoms with Crippen LogP contribution in [-0.2, 0) is 17.8 Å². The van der Waals surface area contributed by atoms with Crippen molar-refractivity contribution in [3.05, 3.63) is 47.3 Å². The summed E-state index contributed by atoms with van der Waals surface area (Å²) in [4.78, 5) is 11.7. The molecule has 0 fully saturated rings. The van der Waals surface area contributed by atoms with Crippen LogP contribution in [0.1, 0.15) is 16.8 Å². The lowest BCUT2D eigenvalue weighted by Crippen LogP contribution is -2.24. The number of aromatic nitrogens is 2. The number of benzene rings is 1. The summed E-state index contributed by atoms with van der Waals surface area (Å²) in [6.07, 6.45) is 2.05. The fraction of sp³-hybridized carbons (Fsp3) is 0.231. The molecule has 2 rings (SSSR count). The molecule has 5 nitrogen and oxygen atoms in total. The molecule has 0 radical (unpaired) electrons. The van der Waals surface area contributed by atoms with Gasteiger partial charge in [0.2, 0.25) is 5.91 Å². The average Bonchev–Trinajstić information content (AvgIpc) is 2.72. The van der Waals surface area contributed by atoms with Gasteiger partial charge in [0.15, 0.2) is 0 Å². The minimum absolute atomic E-state index is 0.0267. The molecule has 0 unspecified atom stereocenters. The van der Waals surface area contributed by atoms with Crippen molar-refractivity contribution < 1.29 is 4.79 Å². The second kappa shape index (κ2) is 5.35. The van der Waals surface area contributed by atoms with Gasteiger partial charge in [0.1, 0.15) is 0 Å². The Hall–Kier alpha value is -2.30. The van der Waals surface area contributed by atoms with E-state index in [2.05, 4.69) is 15.5 Å². The van der Waals surface area contributed by atoms with Crippen LogP contribution in [0.2, 0.25) is 0 Å². The summed E-state index contributed by atoms with van der Waals surface area (Å²) in [6.45, 7) is 2.41. The van der Waals surface area contributed by atoms with Crippen LogP contribution < -0.4 is 11.1 Å². The van der Waals surface area contributed by atoms with Gasteiger partial charge in [0.05, 0.1) is 12.6 Å².